The number of hydrogen-bond acceptors (Lipinski definition) is 2. The summed E-state index contributed by atoms with van der Waals surface area (Å²) in [5.74, 6) is 1.31. The molecule has 1 aromatic rings. The highest BCUT2D eigenvalue weighted by Gasteiger charge is 2.33. The molecule has 1 heterocycles. The molecule has 0 aliphatic carbocycles. The maximum absolute atomic E-state index is 10.1. The van der Waals surface area contributed by atoms with Crippen LogP contribution in [0.15, 0.2) is 12.1 Å². The summed E-state index contributed by atoms with van der Waals surface area (Å²) in [4.78, 5) is 0. The highest BCUT2D eigenvalue weighted by atomic mass is 16.5. The third-order valence-corrected chi connectivity index (χ3v) is 3.09. The number of aliphatic hydroxyl groups is 1. The van der Waals surface area contributed by atoms with Crippen LogP contribution in [0.2, 0.25) is 0 Å². The van der Waals surface area contributed by atoms with Crippen molar-refractivity contribution in [2.24, 2.45) is 0 Å². The Labute approximate surface area is 90.9 Å². The molecule has 0 spiro atoms. The Bertz CT molecular complexity index is 382. The minimum absolute atomic E-state index is 0.126. The number of aliphatic hydroxyl groups excluding tert-OH is 1. The van der Waals surface area contributed by atoms with E-state index in [1.165, 1.54) is 5.56 Å². The number of benzene rings is 1. The van der Waals surface area contributed by atoms with Crippen LogP contribution in [0.5, 0.6) is 5.75 Å². The summed E-state index contributed by atoms with van der Waals surface area (Å²) in [7, 11) is 0. The lowest BCUT2D eigenvalue weighted by Crippen LogP contribution is -2.13. The second-order valence-electron chi connectivity index (χ2n) is 4.64. The number of fused-ring (bicyclic) bond motifs is 1. The zero-order valence-electron chi connectivity index (χ0n) is 9.74. The molecule has 0 aromatic heterocycles. The van der Waals surface area contributed by atoms with Crippen molar-refractivity contribution in [2.45, 2.75) is 45.8 Å². The van der Waals surface area contributed by atoms with Gasteiger partial charge in [0.2, 0.25) is 0 Å². The standard InChI is InChI=1S/C13H18O2/c1-7(2)10-6-5-8(3)13-11(10)12(14)9(4)15-13/h5-7,9,12,14H,1-4H3. The largest absolute Gasteiger partial charge is 0.487 e. The van der Waals surface area contributed by atoms with Gasteiger partial charge in [0.1, 0.15) is 18.0 Å². The highest BCUT2D eigenvalue weighted by Crippen LogP contribution is 2.43. The fraction of sp³-hybridized carbons (Fsp3) is 0.538. The predicted molar refractivity (Wildman–Crippen MR) is 60.3 cm³/mol. The van der Waals surface area contributed by atoms with Gasteiger partial charge in [0.25, 0.3) is 0 Å². The third-order valence-electron chi connectivity index (χ3n) is 3.09. The summed E-state index contributed by atoms with van der Waals surface area (Å²) in [6.07, 6.45) is -0.601. The second-order valence-corrected chi connectivity index (χ2v) is 4.64. The van der Waals surface area contributed by atoms with Gasteiger partial charge in [-0.1, -0.05) is 26.0 Å². The molecule has 0 amide bonds. The number of ether oxygens (including phenoxy) is 1. The molecule has 15 heavy (non-hydrogen) atoms. The summed E-state index contributed by atoms with van der Waals surface area (Å²) < 4.78 is 5.69. The number of aryl methyl sites for hydroxylation is 1. The van der Waals surface area contributed by atoms with E-state index < -0.39 is 6.10 Å². The van der Waals surface area contributed by atoms with Crippen LogP contribution in [0.25, 0.3) is 0 Å². The van der Waals surface area contributed by atoms with Gasteiger partial charge in [-0.25, -0.2) is 0 Å². The van der Waals surface area contributed by atoms with Crippen LogP contribution in [0.4, 0.5) is 0 Å². The van der Waals surface area contributed by atoms with Gasteiger partial charge in [-0.05, 0) is 30.9 Å². The quantitative estimate of drug-likeness (QED) is 0.765. The molecule has 2 unspecified atom stereocenters. The summed E-state index contributed by atoms with van der Waals surface area (Å²) in [5, 5.41) is 10.1. The molecular formula is C13H18O2. The van der Waals surface area contributed by atoms with E-state index in [0.717, 1.165) is 16.9 Å². The van der Waals surface area contributed by atoms with Crippen LogP contribution < -0.4 is 4.74 Å². The van der Waals surface area contributed by atoms with Crippen molar-refractivity contribution in [2.75, 3.05) is 0 Å². The van der Waals surface area contributed by atoms with Gasteiger partial charge in [-0.2, -0.15) is 0 Å². The Morgan fingerprint density at radius 2 is 2.00 bits per heavy atom. The fourth-order valence-electron chi connectivity index (χ4n) is 2.17. The lowest BCUT2D eigenvalue weighted by molar-refractivity contribution is 0.0789. The van der Waals surface area contributed by atoms with E-state index in [4.69, 9.17) is 4.74 Å². The normalized spacial score (nSPS) is 24.1. The average Bonchev–Trinajstić information content (AvgIpc) is 2.46. The Hall–Kier alpha value is -1.02. The average molecular weight is 206 g/mol. The molecule has 2 nitrogen and oxygen atoms in total. The van der Waals surface area contributed by atoms with Crippen molar-refractivity contribution < 1.29 is 9.84 Å². The molecule has 1 aromatic carbocycles. The van der Waals surface area contributed by atoms with Gasteiger partial charge >= 0.3 is 0 Å². The van der Waals surface area contributed by atoms with Crippen molar-refractivity contribution in [1.29, 1.82) is 0 Å². The van der Waals surface area contributed by atoms with Crippen LogP contribution in [0, 0.1) is 6.92 Å². The van der Waals surface area contributed by atoms with E-state index in [0.29, 0.717) is 5.92 Å². The molecule has 1 aliphatic rings. The van der Waals surface area contributed by atoms with E-state index in [9.17, 15) is 5.11 Å². The molecule has 1 N–H and O–H groups in total. The SMILES string of the molecule is Cc1ccc(C(C)C)c2c1OC(C)C2O. The Morgan fingerprint density at radius 1 is 1.33 bits per heavy atom. The first-order valence-electron chi connectivity index (χ1n) is 5.50. The Kier molecular flexibility index (Phi) is 2.47. The van der Waals surface area contributed by atoms with E-state index in [2.05, 4.69) is 26.0 Å². The molecule has 0 radical (unpaired) electrons. The fourth-order valence-corrected chi connectivity index (χ4v) is 2.17. The lowest BCUT2D eigenvalue weighted by atomic mass is 9.91. The topological polar surface area (TPSA) is 29.5 Å². The van der Waals surface area contributed by atoms with Crippen molar-refractivity contribution in [3.05, 3.63) is 28.8 Å². The van der Waals surface area contributed by atoms with Crippen LogP contribution in [0.3, 0.4) is 0 Å². The minimum atomic E-state index is -0.475. The predicted octanol–water partition coefficient (Wildman–Crippen LogP) is 2.93. The second kappa shape index (κ2) is 3.53. The molecule has 2 rings (SSSR count). The van der Waals surface area contributed by atoms with E-state index >= 15 is 0 Å². The molecule has 0 bridgehead atoms. The van der Waals surface area contributed by atoms with Gasteiger partial charge in [-0.15, -0.1) is 0 Å². The molecule has 2 heteroatoms. The zero-order chi connectivity index (χ0) is 11.2. The minimum Gasteiger partial charge on any atom is -0.487 e. The summed E-state index contributed by atoms with van der Waals surface area (Å²) in [5.41, 5.74) is 3.31. The molecule has 82 valence electrons. The zero-order valence-corrected chi connectivity index (χ0v) is 9.74. The van der Waals surface area contributed by atoms with Crippen LogP contribution in [-0.4, -0.2) is 11.2 Å². The van der Waals surface area contributed by atoms with Crippen LogP contribution in [-0.2, 0) is 0 Å². The van der Waals surface area contributed by atoms with Crippen molar-refractivity contribution >= 4 is 0 Å². The van der Waals surface area contributed by atoms with Crippen LogP contribution in [0.1, 0.15) is 49.5 Å². The molecule has 0 fully saturated rings. The smallest absolute Gasteiger partial charge is 0.129 e. The maximum Gasteiger partial charge on any atom is 0.129 e. The first kappa shape index (κ1) is 10.5. The number of hydrogen-bond donors (Lipinski definition) is 1. The molecule has 1 aliphatic heterocycles. The van der Waals surface area contributed by atoms with Gasteiger partial charge < -0.3 is 9.84 Å². The monoisotopic (exact) mass is 206 g/mol. The van der Waals surface area contributed by atoms with Gasteiger partial charge in [0.15, 0.2) is 0 Å². The van der Waals surface area contributed by atoms with Crippen molar-refractivity contribution in [3.8, 4) is 5.75 Å². The maximum atomic E-state index is 10.1. The summed E-state index contributed by atoms with van der Waals surface area (Å²) in [6.45, 7) is 8.21. The Balaban J connectivity index is 2.60. The number of rotatable bonds is 1. The molecule has 2 atom stereocenters. The highest BCUT2D eigenvalue weighted by molar-refractivity contribution is 5.51. The van der Waals surface area contributed by atoms with E-state index in [-0.39, 0.29) is 6.10 Å². The first-order valence-corrected chi connectivity index (χ1v) is 5.50. The van der Waals surface area contributed by atoms with Gasteiger partial charge in [0, 0.05) is 5.56 Å². The van der Waals surface area contributed by atoms with Gasteiger partial charge in [0.05, 0.1) is 0 Å². The van der Waals surface area contributed by atoms with Gasteiger partial charge in [-0.3, -0.25) is 0 Å². The third kappa shape index (κ3) is 1.53. The first-order chi connectivity index (χ1) is 7.02. The Morgan fingerprint density at radius 3 is 2.60 bits per heavy atom. The molecular weight excluding hydrogens is 188 g/mol. The summed E-state index contributed by atoms with van der Waals surface area (Å²) >= 11 is 0. The van der Waals surface area contributed by atoms with E-state index in [1.807, 2.05) is 13.8 Å². The van der Waals surface area contributed by atoms with Crippen molar-refractivity contribution in [1.82, 2.24) is 0 Å². The summed E-state index contributed by atoms with van der Waals surface area (Å²) in [6, 6.07) is 4.17. The van der Waals surface area contributed by atoms with Crippen LogP contribution >= 0.6 is 0 Å². The lowest BCUT2D eigenvalue weighted by Gasteiger charge is -2.14. The molecule has 0 saturated heterocycles. The van der Waals surface area contributed by atoms with Crippen molar-refractivity contribution in [3.63, 3.8) is 0 Å². The van der Waals surface area contributed by atoms with E-state index in [1.54, 1.807) is 0 Å². The molecule has 0 saturated carbocycles.